The van der Waals surface area contributed by atoms with Crippen LogP contribution >= 0.6 is 0 Å². The number of likely N-dealkylation sites (N-methyl/N-ethyl adjacent to an activating group) is 1. The Hall–Kier alpha value is -1.81. The fourth-order valence-electron chi connectivity index (χ4n) is 3.26. The normalized spacial score (nSPS) is 28.0. The number of aromatic nitrogens is 4. The first-order valence-corrected chi connectivity index (χ1v) is 7.73. The third kappa shape index (κ3) is 2.55. The number of rotatable bonds is 5. The lowest BCUT2D eigenvalue weighted by molar-refractivity contribution is -0.0498. The highest BCUT2D eigenvalue weighted by Gasteiger charge is 2.47. The van der Waals surface area contributed by atoms with Gasteiger partial charge in [0.1, 0.15) is 24.1 Å². The Morgan fingerprint density at radius 1 is 1.30 bits per heavy atom. The lowest BCUT2D eigenvalue weighted by Gasteiger charge is -2.31. The minimum atomic E-state index is -0.819. The minimum absolute atomic E-state index is 0.168. The molecule has 0 amide bonds. The second kappa shape index (κ2) is 6.36. The maximum atomic E-state index is 10.8. The highest BCUT2D eigenvalue weighted by Crippen LogP contribution is 2.34. The van der Waals surface area contributed by atoms with Crippen molar-refractivity contribution in [2.24, 2.45) is 0 Å². The predicted octanol–water partition coefficient (Wildman–Crippen LogP) is -0.630. The average molecular weight is 322 g/mol. The molecule has 0 bridgehead atoms. The SMILES string of the molecule is CCN(CC)C1[C@@H](O)[C@H](n2cnc3c(N)ncnc32)O[C@@H]1CO. The first kappa shape index (κ1) is 16.1. The zero-order chi connectivity index (χ0) is 16.6. The summed E-state index contributed by atoms with van der Waals surface area (Å²) >= 11 is 0. The number of anilines is 1. The molecule has 1 saturated heterocycles. The van der Waals surface area contributed by atoms with Gasteiger partial charge in [0.05, 0.1) is 19.0 Å². The molecule has 1 aliphatic rings. The number of nitrogens with zero attached hydrogens (tertiary/aromatic N) is 5. The molecule has 1 unspecified atom stereocenters. The van der Waals surface area contributed by atoms with Crippen molar-refractivity contribution < 1.29 is 14.9 Å². The van der Waals surface area contributed by atoms with Crippen LogP contribution < -0.4 is 5.73 Å². The number of imidazole rings is 1. The number of hydrogen-bond acceptors (Lipinski definition) is 8. The van der Waals surface area contributed by atoms with E-state index in [9.17, 15) is 10.2 Å². The molecule has 3 rings (SSSR count). The van der Waals surface area contributed by atoms with Crippen molar-refractivity contribution >= 4 is 17.0 Å². The van der Waals surface area contributed by atoms with Gasteiger partial charge in [0.2, 0.25) is 0 Å². The average Bonchev–Trinajstić information content (AvgIpc) is 3.12. The highest BCUT2D eigenvalue weighted by atomic mass is 16.5. The van der Waals surface area contributed by atoms with Gasteiger partial charge in [-0.05, 0) is 13.1 Å². The van der Waals surface area contributed by atoms with Gasteiger partial charge in [-0.25, -0.2) is 15.0 Å². The smallest absolute Gasteiger partial charge is 0.167 e. The minimum Gasteiger partial charge on any atom is -0.394 e. The summed E-state index contributed by atoms with van der Waals surface area (Å²) in [6.45, 7) is 5.37. The molecule has 3 heterocycles. The molecule has 1 fully saturated rings. The van der Waals surface area contributed by atoms with E-state index in [4.69, 9.17) is 10.5 Å². The molecule has 0 aliphatic carbocycles. The molecule has 0 spiro atoms. The fraction of sp³-hybridized carbons (Fsp3) is 0.643. The Morgan fingerprint density at radius 3 is 2.70 bits per heavy atom. The van der Waals surface area contributed by atoms with Crippen molar-refractivity contribution in [3.8, 4) is 0 Å². The maximum Gasteiger partial charge on any atom is 0.167 e. The maximum absolute atomic E-state index is 10.8. The second-order valence-electron chi connectivity index (χ2n) is 5.53. The Labute approximate surface area is 133 Å². The van der Waals surface area contributed by atoms with E-state index in [-0.39, 0.29) is 18.5 Å². The van der Waals surface area contributed by atoms with Gasteiger partial charge in [-0.15, -0.1) is 0 Å². The van der Waals surface area contributed by atoms with Gasteiger partial charge in [-0.1, -0.05) is 13.8 Å². The van der Waals surface area contributed by atoms with Crippen LogP contribution in [0.2, 0.25) is 0 Å². The van der Waals surface area contributed by atoms with Crippen molar-refractivity contribution in [2.75, 3.05) is 25.4 Å². The van der Waals surface area contributed by atoms with E-state index >= 15 is 0 Å². The number of nitrogens with two attached hydrogens (primary N) is 1. The largest absolute Gasteiger partial charge is 0.394 e. The number of ether oxygens (including phenoxy) is 1. The summed E-state index contributed by atoms with van der Waals surface area (Å²) in [5, 5.41) is 20.4. The van der Waals surface area contributed by atoms with Crippen LogP contribution in [-0.4, -0.2) is 72.6 Å². The number of hydrogen-bond donors (Lipinski definition) is 3. The molecule has 9 nitrogen and oxygen atoms in total. The van der Waals surface area contributed by atoms with E-state index in [0.29, 0.717) is 11.2 Å². The standard InChI is InChI=1S/C14H22N6O3/c1-3-19(4-2)10-8(5-21)23-14(11(10)22)20-7-18-9-12(15)16-6-17-13(9)20/h6-8,10-11,14,21-22H,3-5H2,1-2H3,(H2,15,16,17)/t8-,10?,11-,14-/m1/s1. The fourth-order valence-corrected chi connectivity index (χ4v) is 3.26. The van der Waals surface area contributed by atoms with Gasteiger partial charge in [0, 0.05) is 0 Å². The summed E-state index contributed by atoms with van der Waals surface area (Å²) in [4.78, 5) is 14.4. The van der Waals surface area contributed by atoms with E-state index < -0.39 is 18.4 Å². The molecule has 4 N–H and O–H groups in total. The molecule has 4 atom stereocenters. The Balaban J connectivity index is 1.98. The third-order valence-corrected chi connectivity index (χ3v) is 4.41. The number of fused-ring (bicyclic) bond motifs is 1. The van der Waals surface area contributed by atoms with Crippen molar-refractivity contribution in [1.29, 1.82) is 0 Å². The quantitative estimate of drug-likeness (QED) is 0.665. The van der Waals surface area contributed by atoms with Crippen LogP contribution in [0, 0.1) is 0 Å². The molecule has 9 heteroatoms. The highest BCUT2D eigenvalue weighted by molar-refractivity contribution is 5.81. The molecule has 2 aromatic rings. The van der Waals surface area contributed by atoms with Crippen molar-refractivity contribution in [1.82, 2.24) is 24.4 Å². The van der Waals surface area contributed by atoms with E-state index in [2.05, 4.69) is 19.9 Å². The van der Waals surface area contributed by atoms with Crippen molar-refractivity contribution in [2.45, 2.75) is 38.3 Å². The van der Waals surface area contributed by atoms with Crippen LogP contribution in [0.3, 0.4) is 0 Å². The van der Waals surface area contributed by atoms with Gasteiger partial charge in [-0.2, -0.15) is 0 Å². The Kier molecular flexibility index (Phi) is 4.44. The van der Waals surface area contributed by atoms with E-state index in [1.165, 1.54) is 12.7 Å². The lowest BCUT2D eigenvalue weighted by atomic mass is 10.1. The first-order chi connectivity index (χ1) is 11.1. The van der Waals surface area contributed by atoms with Gasteiger partial charge >= 0.3 is 0 Å². The molecule has 0 radical (unpaired) electrons. The third-order valence-electron chi connectivity index (χ3n) is 4.41. The van der Waals surface area contributed by atoms with Crippen LogP contribution in [0.5, 0.6) is 0 Å². The molecule has 1 aliphatic heterocycles. The molecular weight excluding hydrogens is 300 g/mol. The van der Waals surface area contributed by atoms with Gasteiger partial charge in [0.15, 0.2) is 17.7 Å². The Bertz CT molecular complexity index is 674. The predicted molar refractivity (Wildman–Crippen MR) is 83.4 cm³/mol. The summed E-state index contributed by atoms with van der Waals surface area (Å²) in [6, 6.07) is -0.295. The molecule has 23 heavy (non-hydrogen) atoms. The first-order valence-electron chi connectivity index (χ1n) is 7.73. The van der Waals surface area contributed by atoms with E-state index in [1.807, 2.05) is 13.8 Å². The van der Waals surface area contributed by atoms with Crippen LogP contribution in [0.1, 0.15) is 20.1 Å². The summed E-state index contributed by atoms with van der Waals surface area (Å²) < 4.78 is 7.54. The summed E-state index contributed by atoms with van der Waals surface area (Å²) in [7, 11) is 0. The lowest BCUT2D eigenvalue weighted by Crippen LogP contribution is -2.48. The van der Waals surface area contributed by atoms with E-state index in [1.54, 1.807) is 4.57 Å². The van der Waals surface area contributed by atoms with Crippen molar-refractivity contribution in [3.63, 3.8) is 0 Å². The zero-order valence-electron chi connectivity index (χ0n) is 13.2. The van der Waals surface area contributed by atoms with Crippen LogP contribution in [0.15, 0.2) is 12.7 Å². The summed E-state index contributed by atoms with van der Waals surface area (Å²) in [5.41, 5.74) is 6.76. The molecule has 2 aromatic heterocycles. The zero-order valence-corrected chi connectivity index (χ0v) is 13.2. The molecular formula is C14H22N6O3. The van der Waals surface area contributed by atoms with Gasteiger partial charge < -0.3 is 20.7 Å². The second-order valence-corrected chi connectivity index (χ2v) is 5.53. The monoisotopic (exact) mass is 322 g/mol. The van der Waals surface area contributed by atoms with E-state index in [0.717, 1.165) is 13.1 Å². The van der Waals surface area contributed by atoms with Crippen LogP contribution in [0.25, 0.3) is 11.2 Å². The number of nitrogen functional groups attached to an aromatic ring is 1. The Morgan fingerprint density at radius 2 is 2.04 bits per heavy atom. The molecule has 0 aromatic carbocycles. The van der Waals surface area contributed by atoms with Gasteiger partial charge in [0.25, 0.3) is 0 Å². The number of aliphatic hydroxyl groups excluding tert-OH is 2. The number of aliphatic hydroxyl groups is 2. The van der Waals surface area contributed by atoms with Crippen LogP contribution in [-0.2, 0) is 4.74 Å². The molecule has 0 saturated carbocycles. The topological polar surface area (TPSA) is 123 Å². The van der Waals surface area contributed by atoms with Crippen LogP contribution in [0.4, 0.5) is 5.82 Å². The van der Waals surface area contributed by atoms with Crippen molar-refractivity contribution in [3.05, 3.63) is 12.7 Å². The molecule has 126 valence electrons. The van der Waals surface area contributed by atoms with Gasteiger partial charge in [-0.3, -0.25) is 9.47 Å². The summed E-state index contributed by atoms with van der Waals surface area (Å²) in [6.07, 6.45) is 0.898. The summed E-state index contributed by atoms with van der Waals surface area (Å²) in [5.74, 6) is 0.278.